The molecule has 0 amide bonds. The molecule has 7 nitrogen and oxygen atoms in total. The molecule has 0 bridgehead atoms. The molecule has 176 valence electrons. The molecule has 32 heavy (non-hydrogen) atoms. The van der Waals surface area contributed by atoms with Gasteiger partial charge in [-0.15, -0.1) is 24.0 Å². The van der Waals surface area contributed by atoms with E-state index in [2.05, 4.69) is 91.7 Å². The molecule has 2 heterocycles. The van der Waals surface area contributed by atoms with Crippen molar-refractivity contribution in [3.8, 4) is 0 Å². The summed E-state index contributed by atoms with van der Waals surface area (Å²) in [6.45, 7) is 10.1. The first kappa shape index (κ1) is 26.2. The second-order valence-corrected chi connectivity index (χ2v) is 7.93. The van der Waals surface area contributed by atoms with Crippen molar-refractivity contribution in [2.45, 2.75) is 19.9 Å². The number of aliphatic imine (C=N–C) groups is 1. The Balaban J connectivity index is 0.00000363. The van der Waals surface area contributed by atoms with E-state index >= 15 is 0 Å². The SMILES string of the molecule is CCN(CCCNC(=NC)NCc1ccnc(N2CCN(C)CC2)c1)c1ccccc1.I. The number of piperazine rings is 1. The van der Waals surface area contributed by atoms with E-state index in [0.717, 1.165) is 70.6 Å². The summed E-state index contributed by atoms with van der Waals surface area (Å²) in [5, 5.41) is 6.86. The van der Waals surface area contributed by atoms with Crippen LogP contribution in [0.4, 0.5) is 11.5 Å². The summed E-state index contributed by atoms with van der Waals surface area (Å²) in [7, 11) is 3.99. The average molecular weight is 552 g/mol. The first-order valence-electron chi connectivity index (χ1n) is 11.3. The van der Waals surface area contributed by atoms with Crippen molar-refractivity contribution < 1.29 is 0 Å². The van der Waals surface area contributed by atoms with E-state index in [1.54, 1.807) is 0 Å². The third kappa shape index (κ3) is 8.12. The molecule has 3 rings (SSSR count). The molecule has 0 atom stereocenters. The van der Waals surface area contributed by atoms with Crippen LogP contribution in [0.1, 0.15) is 18.9 Å². The highest BCUT2D eigenvalue weighted by atomic mass is 127. The number of aromatic nitrogens is 1. The average Bonchev–Trinajstić information content (AvgIpc) is 2.82. The molecule has 0 saturated carbocycles. The Kier molecular flexibility index (Phi) is 11.6. The summed E-state index contributed by atoms with van der Waals surface area (Å²) in [6, 6.07) is 14.8. The van der Waals surface area contributed by atoms with Crippen LogP contribution in [0.2, 0.25) is 0 Å². The van der Waals surface area contributed by atoms with E-state index in [1.165, 1.54) is 11.3 Å². The number of guanidine groups is 1. The van der Waals surface area contributed by atoms with Crippen molar-refractivity contribution in [1.29, 1.82) is 0 Å². The van der Waals surface area contributed by atoms with Gasteiger partial charge in [-0.05, 0) is 50.2 Å². The Labute approximate surface area is 210 Å². The Bertz CT molecular complexity index is 807. The first-order chi connectivity index (χ1) is 15.2. The highest BCUT2D eigenvalue weighted by Gasteiger charge is 2.15. The smallest absolute Gasteiger partial charge is 0.191 e. The van der Waals surface area contributed by atoms with Gasteiger partial charge in [-0.1, -0.05) is 18.2 Å². The van der Waals surface area contributed by atoms with Gasteiger partial charge in [-0.2, -0.15) is 0 Å². The van der Waals surface area contributed by atoms with Crippen molar-refractivity contribution in [3.05, 3.63) is 54.2 Å². The second-order valence-electron chi connectivity index (χ2n) is 7.93. The molecule has 1 aliphatic rings. The summed E-state index contributed by atoms with van der Waals surface area (Å²) >= 11 is 0. The zero-order valence-corrected chi connectivity index (χ0v) is 22.0. The van der Waals surface area contributed by atoms with Crippen LogP contribution in [0.25, 0.3) is 0 Å². The maximum absolute atomic E-state index is 4.57. The molecule has 1 fully saturated rings. The molecular weight excluding hydrogens is 513 g/mol. The van der Waals surface area contributed by atoms with Gasteiger partial charge in [0.1, 0.15) is 5.82 Å². The lowest BCUT2D eigenvalue weighted by Crippen LogP contribution is -2.44. The zero-order valence-electron chi connectivity index (χ0n) is 19.6. The van der Waals surface area contributed by atoms with Gasteiger partial charge in [0.05, 0.1) is 0 Å². The van der Waals surface area contributed by atoms with E-state index in [0.29, 0.717) is 0 Å². The van der Waals surface area contributed by atoms with Gasteiger partial charge < -0.3 is 25.3 Å². The maximum atomic E-state index is 4.57. The largest absolute Gasteiger partial charge is 0.372 e. The van der Waals surface area contributed by atoms with Crippen LogP contribution >= 0.6 is 24.0 Å². The summed E-state index contributed by atoms with van der Waals surface area (Å²) < 4.78 is 0. The van der Waals surface area contributed by atoms with E-state index < -0.39 is 0 Å². The number of hydrogen-bond acceptors (Lipinski definition) is 5. The Morgan fingerprint density at radius 2 is 1.84 bits per heavy atom. The molecular formula is C24H38IN7. The van der Waals surface area contributed by atoms with Crippen LogP contribution in [0.15, 0.2) is 53.7 Å². The number of benzene rings is 1. The minimum Gasteiger partial charge on any atom is -0.372 e. The van der Waals surface area contributed by atoms with E-state index in [9.17, 15) is 0 Å². The van der Waals surface area contributed by atoms with Gasteiger partial charge in [-0.25, -0.2) is 4.98 Å². The van der Waals surface area contributed by atoms with Gasteiger partial charge in [-0.3, -0.25) is 4.99 Å². The summed E-state index contributed by atoms with van der Waals surface area (Å²) in [5.74, 6) is 1.90. The standard InChI is InChI=1S/C24H37N7.HI/c1-4-30(22-9-6-5-7-10-22)14-8-12-27-24(25-2)28-20-21-11-13-26-23(19-21)31-17-15-29(3)16-18-31;/h5-7,9-11,13,19H,4,8,12,14-18,20H2,1-3H3,(H2,25,27,28);1H. The normalized spacial score (nSPS) is 14.6. The maximum Gasteiger partial charge on any atom is 0.191 e. The number of nitrogens with one attached hydrogen (secondary N) is 2. The van der Waals surface area contributed by atoms with Crippen LogP contribution in [-0.2, 0) is 6.54 Å². The predicted molar refractivity (Wildman–Crippen MR) is 147 cm³/mol. The topological polar surface area (TPSA) is 59.0 Å². The fourth-order valence-corrected chi connectivity index (χ4v) is 3.77. The lowest BCUT2D eigenvalue weighted by Gasteiger charge is -2.33. The quantitative estimate of drug-likeness (QED) is 0.216. The van der Waals surface area contributed by atoms with Crippen molar-refractivity contribution in [1.82, 2.24) is 20.5 Å². The van der Waals surface area contributed by atoms with Gasteiger partial charge in [0, 0.05) is 71.3 Å². The van der Waals surface area contributed by atoms with E-state index in [-0.39, 0.29) is 24.0 Å². The molecule has 1 aromatic heterocycles. The van der Waals surface area contributed by atoms with Gasteiger partial charge in [0.2, 0.25) is 0 Å². The summed E-state index contributed by atoms with van der Waals surface area (Å²) in [5.41, 5.74) is 2.49. The summed E-state index contributed by atoms with van der Waals surface area (Å²) in [6.07, 6.45) is 2.95. The molecule has 0 radical (unpaired) electrons. The molecule has 1 aromatic carbocycles. The number of halogens is 1. The predicted octanol–water partition coefficient (Wildman–Crippen LogP) is 3.03. The number of rotatable bonds is 9. The fraction of sp³-hybridized carbons (Fsp3) is 0.500. The number of para-hydroxylation sites is 1. The molecule has 0 aliphatic carbocycles. The molecule has 1 aliphatic heterocycles. The van der Waals surface area contributed by atoms with Crippen molar-refractivity contribution >= 4 is 41.4 Å². The highest BCUT2D eigenvalue weighted by molar-refractivity contribution is 14.0. The Hall–Kier alpha value is -2.07. The third-order valence-electron chi connectivity index (χ3n) is 5.72. The number of anilines is 2. The van der Waals surface area contributed by atoms with E-state index in [4.69, 9.17) is 0 Å². The third-order valence-corrected chi connectivity index (χ3v) is 5.72. The number of nitrogens with zero attached hydrogens (tertiary/aromatic N) is 5. The zero-order chi connectivity index (χ0) is 21.9. The van der Waals surface area contributed by atoms with Crippen LogP contribution in [0.5, 0.6) is 0 Å². The number of pyridine rings is 1. The lowest BCUT2D eigenvalue weighted by molar-refractivity contribution is 0.312. The monoisotopic (exact) mass is 551 g/mol. The molecule has 0 spiro atoms. The Morgan fingerprint density at radius 1 is 1.09 bits per heavy atom. The van der Waals surface area contributed by atoms with E-state index in [1.807, 2.05) is 13.2 Å². The molecule has 0 unspecified atom stereocenters. The molecule has 2 N–H and O–H groups in total. The lowest BCUT2D eigenvalue weighted by atomic mass is 10.2. The molecule has 8 heteroatoms. The first-order valence-corrected chi connectivity index (χ1v) is 11.3. The van der Waals surface area contributed by atoms with Gasteiger partial charge in [0.15, 0.2) is 5.96 Å². The van der Waals surface area contributed by atoms with Crippen LogP contribution in [0, 0.1) is 0 Å². The molecule has 2 aromatic rings. The fourth-order valence-electron chi connectivity index (χ4n) is 3.77. The minimum atomic E-state index is 0. The van der Waals surface area contributed by atoms with Crippen molar-refractivity contribution in [2.75, 3.05) is 69.7 Å². The van der Waals surface area contributed by atoms with Crippen LogP contribution < -0.4 is 20.4 Å². The van der Waals surface area contributed by atoms with Crippen molar-refractivity contribution in [3.63, 3.8) is 0 Å². The van der Waals surface area contributed by atoms with Crippen molar-refractivity contribution in [2.24, 2.45) is 4.99 Å². The Morgan fingerprint density at radius 3 is 2.53 bits per heavy atom. The summed E-state index contributed by atoms with van der Waals surface area (Å²) in [4.78, 5) is 16.1. The molecule has 1 saturated heterocycles. The van der Waals surface area contributed by atoms with Gasteiger partial charge >= 0.3 is 0 Å². The van der Waals surface area contributed by atoms with Gasteiger partial charge in [0.25, 0.3) is 0 Å². The van der Waals surface area contributed by atoms with Crippen LogP contribution in [0.3, 0.4) is 0 Å². The van der Waals surface area contributed by atoms with Crippen LogP contribution in [-0.4, -0.2) is 75.8 Å². The highest BCUT2D eigenvalue weighted by Crippen LogP contribution is 2.15. The number of likely N-dealkylation sites (N-methyl/N-ethyl adjacent to an activating group) is 1. The minimum absolute atomic E-state index is 0. The number of hydrogen-bond donors (Lipinski definition) is 2. The second kappa shape index (κ2) is 14.2.